The Morgan fingerprint density at radius 3 is 2.85 bits per heavy atom. The van der Waals surface area contributed by atoms with Gasteiger partial charge in [-0.25, -0.2) is 4.98 Å². The number of ether oxygens (including phenoxy) is 2. The first-order chi connectivity index (χ1) is 12.8. The normalized spacial score (nSPS) is 16.7. The number of imidazole rings is 1. The number of para-hydroxylation sites is 2. The summed E-state index contributed by atoms with van der Waals surface area (Å²) < 4.78 is 11.0. The van der Waals surface area contributed by atoms with Crippen LogP contribution in [0.3, 0.4) is 0 Å². The molecule has 0 bridgehead atoms. The summed E-state index contributed by atoms with van der Waals surface area (Å²) >= 11 is 0. The Morgan fingerprint density at radius 1 is 1.23 bits per heavy atom. The van der Waals surface area contributed by atoms with Crippen molar-refractivity contribution in [3.63, 3.8) is 0 Å². The molecule has 6 heteroatoms. The first-order valence-corrected chi connectivity index (χ1v) is 8.84. The Kier molecular flexibility index (Phi) is 4.84. The predicted molar refractivity (Wildman–Crippen MR) is 99.0 cm³/mol. The zero-order valence-electron chi connectivity index (χ0n) is 14.4. The van der Waals surface area contributed by atoms with Crippen LogP contribution in [0.2, 0.25) is 0 Å². The predicted octanol–water partition coefficient (Wildman–Crippen LogP) is 2.90. The number of hydrogen-bond donors (Lipinski definition) is 2. The second-order valence-electron chi connectivity index (χ2n) is 6.35. The number of benzene rings is 2. The number of H-pyrrole nitrogens is 1. The van der Waals surface area contributed by atoms with Crippen molar-refractivity contribution in [3.05, 3.63) is 48.5 Å². The van der Waals surface area contributed by atoms with Crippen LogP contribution in [0, 0.1) is 0 Å². The summed E-state index contributed by atoms with van der Waals surface area (Å²) in [7, 11) is 0. The summed E-state index contributed by atoms with van der Waals surface area (Å²) in [5.41, 5.74) is 2.91. The van der Waals surface area contributed by atoms with Crippen LogP contribution >= 0.6 is 0 Å². The number of carbonyl (C=O) groups is 1. The summed E-state index contributed by atoms with van der Waals surface area (Å²) in [6.07, 6.45) is 2.21. The van der Waals surface area contributed by atoms with Gasteiger partial charge in [0.2, 0.25) is 0 Å². The number of rotatable bonds is 6. The van der Waals surface area contributed by atoms with Crippen LogP contribution in [0.25, 0.3) is 22.4 Å². The van der Waals surface area contributed by atoms with Gasteiger partial charge in [0.1, 0.15) is 11.6 Å². The summed E-state index contributed by atoms with van der Waals surface area (Å²) in [4.78, 5) is 19.7. The minimum atomic E-state index is -0.137. The Bertz CT molecular complexity index is 850. The molecule has 1 aliphatic heterocycles. The molecule has 1 atom stereocenters. The molecule has 1 unspecified atom stereocenters. The van der Waals surface area contributed by atoms with Crippen molar-refractivity contribution >= 4 is 16.9 Å². The fourth-order valence-corrected chi connectivity index (χ4v) is 3.03. The van der Waals surface area contributed by atoms with Gasteiger partial charge in [0.25, 0.3) is 5.91 Å². The Hall–Kier alpha value is -2.86. The van der Waals surface area contributed by atoms with Gasteiger partial charge < -0.3 is 19.8 Å². The van der Waals surface area contributed by atoms with Crippen molar-refractivity contribution in [2.45, 2.75) is 18.9 Å². The highest BCUT2D eigenvalue weighted by Crippen LogP contribution is 2.22. The van der Waals surface area contributed by atoms with E-state index >= 15 is 0 Å². The molecule has 0 aliphatic carbocycles. The average molecular weight is 351 g/mol. The van der Waals surface area contributed by atoms with Crippen molar-refractivity contribution < 1.29 is 14.3 Å². The van der Waals surface area contributed by atoms with Gasteiger partial charge in [0.05, 0.1) is 17.1 Å². The third kappa shape index (κ3) is 3.86. The van der Waals surface area contributed by atoms with Gasteiger partial charge in [-0.3, -0.25) is 4.79 Å². The molecule has 4 rings (SSSR count). The van der Waals surface area contributed by atoms with E-state index in [0.29, 0.717) is 12.3 Å². The molecular formula is C20H21N3O3. The van der Waals surface area contributed by atoms with Gasteiger partial charge in [-0.1, -0.05) is 12.1 Å². The van der Waals surface area contributed by atoms with E-state index in [1.807, 2.05) is 48.5 Å². The first kappa shape index (κ1) is 16.6. The van der Waals surface area contributed by atoms with Gasteiger partial charge in [0, 0.05) is 18.7 Å². The van der Waals surface area contributed by atoms with E-state index in [0.717, 1.165) is 41.9 Å². The molecule has 6 nitrogen and oxygen atoms in total. The summed E-state index contributed by atoms with van der Waals surface area (Å²) in [6.45, 7) is 1.33. The third-order valence-electron chi connectivity index (χ3n) is 4.44. The standard InChI is InChI=1S/C20H21N3O3/c24-19(21-12-16-4-3-11-25-16)13-26-15-9-7-14(8-10-15)20-22-17-5-1-2-6-18(17)23-20/h1-2,5-10,16H,3-4,11-13H2,(H,21,24)(H,22,23). The molecule has 3 aromatic rings. The lowest BCUT2D eigenvalue weighted by Gasteiger charge is -2.11. The number of carbonyl (C=O) groups excluding carboxylic acids is 1. The lowest BCUT2D eigenvalue weighted by atomic mass is 10.2. The maximum Gasteiger partial charge on any atom is 0.258 e. The Labute approximate surface area is 151 Å². The molecular weight excluding hydrogens is 330 g/mol. The number of hydrogen-bond acceptors (Lipinski definition) is 4. The van der Waals surface area contributed by atoms with Crippen molar-refractivity contribution in [1.82, 2.24) is 15.3 Å². The number of aromatic nitrogens is 2. The number of nitrogens with one attached hydrogen (secondary N) is 2. The summed E-state index contributed by atoms with van der Waals surface area (Å²) in [5, 5.41) is 2.84. The SMILES string of the molecule is O=C(COc1ccc(-c2nc3ccccc3[nH]2)cc1)NCC1CCCO1. The average Bonchev–Trinajstić information content (AvgIpc) is 3.34. The Balaban J connectivity index is 1.31. The molecule has 1 saturated heterocycles. The van der Waals surface area contributed by atoms with E-state index in [9.17, 15) is 4.79 Å². The topological polar surface area (TPSA) is 76.2 Å². The van der Waals surface area contributed by atoms with Gasteiger partial charge in [-0.15, -0.1) is 0 Å². The van der Waals surface area contributed by atoms with Gasteiger partial charge in [-0.2, -0.15) is 0 Å². The second kappa shape index (κ2) is 7.58. The number of nitrogens with zero attached hydrogens (tertiary/aromatic N) is 1. The van der Waals surface area contributed by atoms with Crippen molar-refractivity contribution in [2.75, 3.05) is 19.8 Å². The quantitative estimate of drug-likeness (QED) is 0.716. The van der Waals surface area contributed by atoms with Gasteiger partial charge in [0.15, 0.2) is 6.61 Å². The van der Waals surface area contributed by atoms with Crippen LogP contribution in [-0.4, -0.2) is 41.7 Å². The van der Waals surface area contributed by atoms with E-state index in [-0.39, 0.29) is 18.6 Å². The molecule has 2 aromatic carbocycles. The molecule has 0 saturated carbocycles. The lowest BCUT2D eigenvalue weighted by Crippen LogP contribution is -2.35. The number of aromatic amines is 1. The maximum atomic E-state index is 11.9. The highest BCUT2D eigenvalue weighted by molar-refractivity contribution is 5.79. The minimum Gasteiger partial charge on any atom is -0.484 e. The number of fused-ring (bicyclic) bond motifs is 1. The molecule has 1 amide bonds. The highest BCUT2D eigenvalue weighted by atomic mass is 16.5. The second-order valence-corrected chi connectivity index (χ2v) is 6.35. The lowest BCUT2D eigenvalue weighted by molar-refractivity contribution is -0.123. The molecule has 1 aliphatic rings. The van der Waals surface area contributed by atoms with E-state index in [2.05, 4.69) is 15.3 Å². The zero-order chi connectivity index (χ0) is 17.8. The van der Waals surface area contributed by atoms with E-state index < -0.39 is 0 Å². The minimum absolute atomic E-state index is 0.00327. The first-order valence-electron chi connectivity index (χ1n) is 8.84. The van der Waals surface area contributed by atoms with Gasteiger partial charge in [-0.05, 0) is 49.2 Å². The number of amides is 1. The van der Waals surface area contributed by atoms with E-state index in [4.69, 9.17) is 9.47 Å². The molecule has 1 fully saturated rings. The van der Waals surface area contributed by atoms with Crippen LogP contribution in [-0.2, 0) is 9.53 Å². The van der Waals surface area contributed by atoms with Crippen LogP contribution < -0.4 is 10.1 Å². The van der Waals surface area contributed by atoms with Gasteiger partial charge >= 0.3 is 0 Å². The largest absolute Gasteiger partial charge is 0.484 e. The highest BCUT2D eigenvalue weighted by Gasteiger charge is 2.16. The smallest absolute Gasteiger partial charge is 0.258 e. The molecule has 26 heavy (non-hydrogen) atoms. The summed E-state index contributed by atoms with van der Waals surface area (Å²) in [5.74, 6) is 1.33. The fraction of sp³-hybridized carbons (Fsp3) is 0.300. The van der Waals surface area contributed by atoms with Crippen LogP contribution in [0.4, 0.5) is 0 Å². The third-order valence-corrected chi connectivity index (χ3v) is 4.44. The van der Waals surface area contributed by atoms with E-state index in [1.54, 1.807) is 0 Å². The van der Waals surface area contributed by atoms with Crippen molar-refractivity contribution in [3.8, 4) is 17.1 Å². The Morgan fingerprint density at radius 2 is 2.08 bits per heavy atom. The molecule has 1 aromatic heterocycles. The fourth-order valence-electron chi connectivity index (χ4n) is 3.03. The van der Waals surface area contributed by atoms with Crippen molar-refractivity contribution in [2.24, 2.45) is 0 Å². The molecule has 0 radical (unpaired) electrons. The van der Waals surface area contributed by atoms with Crippen LogP contribution in [0.1, 0.15) is 12.8 Å². The molecule has 0 spiro atoms. The summed E-state index contributed by atoms with van der Waals surface area (Å²) in [6, 6.07) is 15.5. The monoisotopic (exact) mass is 351 g/mol. The van der Waals surface area contributed by atoms with Crippen LogP contribution in [0.5, 0.6) is 5.75 Å². The molecule has 2 heterocycles. The zero-order valence-corrected chi connectivity index (χ0v) is 14.4. The van der Waals surface area contributed by atoms with Crippen LogP contribution in [0.15, 0.2) is 48.5 Å². The molecule has 134 valence electrons. The van der Waals surface area contributed by atoms with E-state index in [1.165, 1.54) is 0 Å². The maximum absolute atomic E-state index is 11.9. The molecule has 2 N–H and O–H groups in total. The van der Waals surface area contributed by atoms with Crippen molar-refractivity contribution in [1.29, 1.82) is 0 Å².